The molecule has 0 aromatic heterocycles. The summed E-state index contributed by atoms with van der Waals surface area (Å²) >= 11 is 0. The third-order valence-electron chi connectivity index (χ3n) is 1.11. The fraction of sp³-hybridized carbons (Fsp3) is 0.500. The molecule has 12 heavy (non-hydrogen) atoms. The van der Waals surface area contributed by atoms with Crippen molar-refractivity contribution in [2.75, 3.05) is 20.3 Å². The van der Waals surface area contributed by atoms with Crippen molar-refractivity contribution in [2.45, 2.75) is 6.92 Å². The van der Waals surface area contributed by atoms with Crippen LogP contribution in [-0.2, 0) is 14.3 Å². The first-order valence-corrected chi connectivity index (χ1v) is 3.54. The average Bonchev–Trinajstić information content (AvgIpc) is 2.05. The summed E-state index contributed by atoms with van der Waals surface area (Å²) in [5.74, 6) is -0.298. The third kappa shape index (κ3) is 5.61. The number of hydrogen-bond acceptors (Lipinski definition) is 3. The molecule has 4 nitrogen and oxygen atoms in total. The Balaban J connectivity index is 3.66. The molecule has 67 valence electrons. The Labute approximate surface area is 71.6 Å². The van der Waals surface area contributed by atoms with Crippen molar-refractivity contribution in [1.82, 2.24) is 5.32 Å². The Hall–Kier alpha value is -1.16. The van der Waals surface area contributed by atoms with E-state index in [1.165, 1.54) is 13.0 Å². The van der Waals surface area contributed by atoms with E-state index in [0.29, 0.717) is 13.2 Å². The molecule has 0 aliphatic rings. The summed E-state index contributed by atoms with van der Waals surface area (Å²) in [6.45, 7) is 2.42. The highest BCUT2D eigenvalue weighted by Gasteiger charge is 1.95. The van der Waals surface area contributed by atoms with Crippen molar-refractivity contribution in [3.05, 3.63) is 11.6 Å². The van der Waals surface area contributed by atoms with Crippen molar-refractivity contribution in [1.29, 1.82) is 0 Å². The summed E-state index contributed by atoms with van der Waals surface area (Å²) in [5, 5.41) is 2.53. The zero-order valence-electron chi connectivity index (χ0n) is 7.22. The van der Waals surface area contributed by atoms with Crippen molar-refractivity contribution in [2.24, 2.45) is 0 Å². The van der Waals surface area contributed by atoms with Crippen LogP contribution < -0.4 is 5.32 Å². The lowest BCUT2D eigenvalue weighted by Gasteiger charge is -1.99. The summed E-state index contributed by atoms with van der Waals surface area (Å²) in [6.07, 6.45) is 2.80. The average molecular weight is 170 g/mol. The summed E-state index contributed by atoms with van der Waals surface area (Å²) in [4.78, 5) is 20.8. The van der Waals surface area contributed by atoms with Gasteiger partial charge in [0.1, 0.15) is 0 Å². The molecule has 0 aromatic carbocycles. The number of methoxy groups -OCH3 is 1. The molecule has 0 saturated heterocycles. The van der Waals surface area contributed by atoms with Gasteiger partial charge >= 0.3 is 0 Å². The Morgan fingerprint density at radius 1 is 1.67 bits per heavy atom. The van der Waals surface area contributed by atoms with Crippen molar-refractivity contribution < 1.29 is 14.3 Å². The van der Waals surface area contributed by atoms with Gasteiger partial charge in [0.15, 0.2) is 0 Å². The van der Waals surface area contributed by atoms with E-state index in [-0.39, 0.29) is 11.5 Å². The van der Waals surface area contributed by atoms with Gasteiger partial charge in [-0.3, -0.25) is 9.59 Å². The van der Waals surface area contributed by atoms with Crippen LogP contribution >= 0.6 is 0 Å². The minimum absolute atomic E-state index is 0.282. The van der Waals surface area contributed by atoms with Crippen LogP contribution in [0, 0.1) is 0 Å². The van der Waals surface area contributed by atoms with Crippen LogP contribution in [0.15, 0.2) is 11.6 Å². The number of hydrogen-bond donors (Lipinski definition) is 1. The van der Waals surface area contributed by atoms with E-state index in [9.17, 15) is 9.59 Å². The van der Waals surface area contributed by atoms with Gasteiger partial charge in [-0.25, -0.2) is 0 Å². The lowest BCUT2D eigenvalue weighted by atomic mass is 10.3. The lowest BCUT2D eigenvalue weighted by Crippen LogP contribution is -2.25. The molecule has 0 spiro atoms. The van der Waals surface area contributed by atoms with E-state index in [4.69, 9.17) is 4.74 Å². The molecule has 4 heteroatoms. The van der Waals surface area contributed by atoms with Gasteiger partial charge in [-0.05, 0) is 6.92 Å². The first kappa shape index (κ1) is 10.8. The quantitative estimate of drug-likeness (QED) is 0.459. The lowest BCUT2D eigenvalue weighted by molar-refractivity contribution is -0.116. The zero-order valence-corrected chi connectivity index (χ0v) is 7.22. The molecular weight excluding hydrogens is 158 g/mol. The minimum atomic E-state index is -0.298. The Kier molecular flexibility index (Phi) is 5.91. The number of carbonyl (C=O) groups excluding carboxylic acids is 2. The monoisotopic (exact) mass is 170 g/mol. The third-order valence-corrected chi connectivity index (χ3v) is 1.11. The first-order valence-electron chi connectivity index (χ1n) is 3.54. The van der Waals surface area contributed by atoms with E-state index in [1.807, 2.05) is 0 Å². The molecule has 0 aliphatic heterocycles. The number of carbonyl (C=O) groups is 1. The predicted octanol–water partition coefficient (Wildman–Crippen LogP) is -0.195. The van der Waals surface area contributed by atoms with Gasteiger partial charge in [0, 0.05) is 25.3 Å². The molecule has 1 amide bonds. The molecule has 0 aromatic rings. The fourth-order valence-electron chi connectivity index (χ4n) is 0.553. The maximum atomic E-state index is 10.9. The molecule has 0 heterocycles. The minimum Gasteiger partial charge on any atom is -0.383 e. The molecule has 0 saturated carbocycles. The second-order valence-corrected chi connectivity index (χ2v) is 2.21. The molecule has 1 radical (unpaired) electrons. The van der Waals surface area contributed by atoms with Crippen molar-refractivity contribution >= 4 is 12.2 Å². The highest BCUT2D eigenvalue weighted by atomic mass is 16.5. The molecule has 0 aliphatic carbocycles. The van der Waals surface area contributed by atoms with Gasteiger partial charge in [-0.1, -0.05) is 0 Å². The molecule has 1 N–H and O–H groups in total. The van der Waals surface area contributed by atoms with Crippen LogP contribution in [0.4, 0.5) is 0 Å². The molecule has 0 atom stereocenters. The summed E-state index contributed by atoms with van der Waals surface area (Å²) in [7, 11) is 1.55. The molecule has 0 rings (SSSR count). The number of allylic oxidation sites excluding steroid dienone is 1. The highest BCUT2D eigenvalue weighted by molar-refractivity contribution is 5.93. The predicted molar refractivity (Wildman–Crippen MR) is 44.3 cm³/mol. The number of amides is 1. The fourth-order valence-corrected chi connectivity index (χ4v) is 0.553. The second kappa shape index (κ2) is 6.54. The van der Waals surface area contributed by atoms with Gasteiger partial charge < -0.3 is 10.1 Å². The SMILES string of the molecule is COCCNC(=O)C=C(C)[C]=O. The van der Waals surface area contributed by atoms with Gasteiger partial charge in [-0.15, -0.1) is 0 Å². The van der Waals surface area contributed by atoms with E-state index in [1.54, 1.807) is 13.4 Å². The van der Waals surface area contributed by atoms with Gasteiger partial charge in [0.2, 0.25) is 12.2 Å². The largest absolute Gasteiger partial charge is 0.383 e. The van der Waals surface area contributed by atoms with Gasteiger partial charge in [0.05, 0.1) is 6.61 Å². The van der Waals surface area contributed by atoms with Crippen LogP contribution in [0.5, 0.6) is 0 Å². The Morgan fingerprint density at radius 2 is 2.33 bits per heavy atom. The standard InChI is InChI=1S/C8H12NO3/c1-7(6-10)5-8(11)9-3-4-12-2/h5H,3-4H2,1-2H3,(H,9,11). The van der Waals surface area contributed by atoms with E-state index >= 15 is 0 Å². The van der Waals surface area contributed by atoms with E-state index in [0.717, 1.165) is 0 Å². The topological polar surface area (TPSA) is 55.4 Å². The van der Waals surface area contributed by atoms with Crippen LogP contribution in [-0.4, -0.2) is 32.5 Å². The van der Waals surface area contributed by atoms with Crippen LogP contribution in [0.25, 0.3) is 0 Å². The first-order chi connectivity index (χ1) is 5.70. The number of ether oxygens (including phenoxy) is 1. The summed E-state index contributed by atoms with van der Waals surface area (Å²) < 4.78 is 4.71. The normalized spacial score (nSPS) is 11.0. The summed E-state index contributed by atoms with van der Waals surface area (Å²) in [6, 6.07) is 0. The zero-order chi connectivity index (χ0) is 9.40. The van der Waals surface area contributed by atoms with Gasteiger partial charge in [-0.2, -0.15) is 0 Å². The molecular formula is C8H12NO3. The second-order valence-electron chi connectivity index (χ2n) is 2.21. The maximum absolute atomic E-state index is 10.9. The van der Waals surface area contributed by atoms with Crippen molar-refractivity contribution in [3.8, 4) is 0 Å². The van der Waals surface area contributed by atoms with Gasteiger partial charge in [0.25, 0.3) is 0 Å². The number of nitrogens with one attached hydrogen (secondary N) is 1. The van der Waals surface area contributed by atoms with Crippen molar-refractivity contribution in [3.63, 3.8) is 0 Å². The Morgan fingerprint density at radius 3 is 2.83 bits per heavy atom. The highest BCUT2D eigenvalue weighted by Crippen LogP contribution is 1.84. The van der Waals surface area contributed by atoms with E-state index < -0.39 is 0 Å². The van der Waals surface area contributed by atoms with Crippen LogP contribution in [0.1, 0.15) is 6.92 Å². The van der Waals surface area contributed by atoms with E-state index in [2.05, 4.69) is 5.32 Å². The maximum Gasteiger partial charge on any atom is 0.244 e. The number of rotatable bonds is 5. The smallest absolute Gasteiger partial charge is 0.244 e. The molecule has 0 bridgehead atoms. The molecule has 0 fully saturated rings. The van der Waals surface area contributed by atoms with Crippen LogP contribution in [0.2, 0.25) is 0 Å². The summed E-state index contributed by atoms with van der Waals surface area (Å²) in [5.41, 5.74) is 0.282. The van der Waals surface area contributed by atoms with Crippen LogP contribution in [0.3, 0.4) is 0 Å². The Bertz CT molecular complexity index is 187. The molecule has 0 unspecified atom stereocenters.